The van der Waals surface area contributed by atoms with Crippen molar-refractivity contribution in [2.45, 2.75) is 126 Å². The van der Waals surface area contributed by atoms with Crippen molar-refractivity contribution in [3.63, 3.8) is 0 Å². The fraction of sp³-hybridized carbons (Fsp3) is 0.328. The lowest BCUT2D eigenvalue weighted by molar-refractivity contribution is 0.157. The Kier molecular flexibility index (Phi) is 12.7. The number of benzene rings is 4. The summed E-state index contributed by atoms with van der Waals surface area (Å²) in [5, 5.41) is 11.2. The van der Waals surface area contributed by atoms with Gasteiger partial charge in [-0.15, -0.1) is 0 Å². The molecule has 4 aliphatic heterocycles. The molecular formula is C64H68N12O4S. The van der Waals surface area contributed by atoms with E-state index in [-0.39, 0.29) is 46.6 Å². The van der Waals surface area contributed by atoms with Crippen LogP contribution in [0.3, 0.4) is 0 Å². The first-order valence-corrected chi connectivity index (χ1v) is 28.8. The predicted molar refractivity (Wildman–Crippen MR) is 320 cm³/mol. The molecule has 8 aliphatic rings. The number of nitrogens with one attached hydrogen (secondary N) is 2. The summed E-state index contributed by atoms with van der Waals surface area (Å²) in [4.78, 5) is 21.5. The van der Waals surface area contributed by atoms with E-state index in [0.29, 0.717) is 24.1 Å². The standard InChI is InChI=1S/C17H19N3O.C16H17N3O.C16H16N2OS.C15H16N4O/c1-11-17(19-16(18)21-11)8-12-4-3-5-14(15(12)9-17)13-6-7-20(2)10-13;1-10-16(19-15(17)20-10)7-11-3-2-4-13(14(11)8-16)12-5-6-18-9-12;1-10-16(18-15(17)19-10)7-11-3-2-4-13(14(11)8-16)12-5-6-20-9-12;1-9-15(19-14(16)20-9)5-10-3-2-4-12(13(10)6-15)11-7-17-18-8-11/h3-7,10-11H,8-9H2,1-2H3,(H2,18,19);2-6,9-10,18H,7-8H2,1H3,(H2,17,19);2-6,9-10H,7-8H2,1H3,(H2,17,18);2-4,7-9H,5-6H2,1H3,(H2,16,19)(H,17,18)/t11-,17-;2*10-,16-;9-,15-/m1111/s1. The van der Waals surface area contributed by atoms with Crippen LogP contribution in [-0.2, 0) is 77.4 Å². The zero-order valence-electron chi connectivity index (χ0n) is 46.3. The number of aliphatic imine (C=N–C) groups is 4. The van der Waals surface area contributed by atoms with Crippen LogP contribution in [-0.4, -0.2) is 90.4 Å². The van der Waals surface area contributed by atoms with Gasteiger partial charge in [-0.25, -0.2) is 20.0 Å². The van der Waals surface area contributed by atoms with E-state index in [4.69, 9.17) is 41.9 Å². The van der Waals surface area contributed by atoms with Crippen LogP contribution in [0.25, 0.3) is 44.5 Å². The number of hydrogen-bond donors (Lipinski definition) is 6. The number of nitrogens with zero attached hydrogens (tertiary/aromatic N) is 6. The molecule has 16 rings (SSSR count). The first-order valence-electron chi connectivity index (χ1n) is 27.9. The summed E-state index contributed by atoms with van der Waals surface area (Å²) in [6, 6.07) is 33.7. The molecule has 8 heterocycles. The van der Waals surface area contributed by atoms with Gasteiger partial charge in [0.25, 0.3) is 24.1 Å². The molecule has 10 N–H and O–H groups in total. The van der Waals surface area contributed by atoms with Gasteiger partial charge < -0.3 is 51.4 Å². The number of thiophene rings is 1. The molecule has 4 aromatic carbocycles. The predicted octanol–water partition coefficient (Wildman–Crippen LogP) is 9.15. The molecule has 16 nitrogen and oxygen atoms in total. The summed E-state index contributed by atoms with van der Waals surface area (Å²) in [6.45, 7) is 8.24. The summed E-state index contributed by atoms with van der Waals surface area (Å²) in [5.41, 5.74) is 43.2. The van der Waals surface area contributed by atoms with Crippen LogP contribution in [0.5, 0.6) is 0 Å². The van der Waals surface area contributed by atoms with Crippen molar-refractivity contribution in [3.05, 3.63) is 183 Å². The molecule has 0 unspecified atom stereocenters. The SMILES string of the molecule is C[C@H]1OC(N)=N[C@@]12Cc1cccc(-c3cc[nH]c3)c1C2.C[C@H]1OC(N)=N[C@@]12Cc1cccc(-c3ccn(C)c3)c1C2.C[C@H]1OC(N)=N[C@@]12Cc1cccc(-c3ccsc3)c1C2.C[C@H]1OC(N)=N[C@@]12Cc1cccc(-c3cn[nH]c3)c1C2. The van der Waals surface area contributed by atoms with Gasteiger partial charge in [-0.2, -0.15) is 16.4 Å². The lowest BCUT2D eigenvalue weighted by Crippen LogP contribution is -2.36. The van der Waals surface area contributed by atoms with Crippen LogP contribution in [0, 0.1) is 0 Å². The number of aromatic amines is 2. The second kappa shape index (κ2) is 19.9. The van der Waals surface area contributed by atoms with E-state index < -0.39 is 0 Å². The van der Waals surface area contributed by atoms with Crippen LogP contribution >= 0.6 is 11.3 Å². The fourth-order valence-electron chi connectivity index (χ4n) is 13.9. The van der Waals surface area contributed by atoms with Crippen molar-refractivity contribution < 1.29 is 18.9 Å². The third-order valence-electron chi connectivity index (χ3n) is 18.3. The molecule has 0 bridgehead atoms. The largest absolute Gasteiger partial charge is 0.460 e. The van der Waals surface area contributed by atoms with Crippen LogP contribution < -0.4 is 22.9 Å². The molecule has 0 saturated heterocycles. The molecule has 8 aromatic rings. The van der Waals surface area contributed by atoms with Gasteiger partial charge in [0.1, 0.15) is 46.6 Å². The number of rotatable bonds is 4. The smallest absolute Gasteiger partial charge is 0.282 e. The zero-order valence-corrected chi connectivity index (χ0v) is 47.1. The van der Waals surface area contributed by atoms with Crippen LogP contribution in [0.2, 0.25) is 0 Å². The average molecular weight is 1100 g/mol. The highest BCUT2D eigenvalue weighted by Crippen LogP contribution is 2.47. The third-order valence-corrected chi connectivity index (χ3v) is 18.9. The maximum absolute atomic E-state index is 5.79. The third kappa shape index (κ3) is 9.20. The first-order chi connectivity index (χ1) is 39.1. The minimum Gasteiger partial charge on any atom is -0.460 e. The van der Waals surface area contributed by atoms with Gasteiger partial charge in [-0.3, -0.25) is 5.10 Å². The summed E-state index contributed by atoms with van der Waals surface area (Å²) < 4.78 is 24.4. The van der Waals surface area contributed by atoms with Crippen LogP contribution in [0.15, 0.2) is 159 Å². The second-order valence-electron chi connectivity index (χ2n) is 23.1. The topological polar surface area (TPSA) is 240 Å². The Morgan fingerprint density at radius 2 is 0.889 bits per heavy atom. The molecule has 4 aromatic heterocycles. The van der Waals surface area contributed by atoms with Gasteiger partial charge in [0.05, 0.1) is 6.20 Å². The summed E-state index contributed by atoms with van der Waals surface area (Å²) in [7, 11) is 2.05. The molecule has 0 fully saturated rings. The number of aryl methyl sites for hydroxylation is 1. The van der Waals surface area contributed by atoms with E-state index in [9.17, 15) is 0 Å². The van der Waals surface area contributed by atoms with Crippen molar-refractivity contribution >= 4 is 35.4 Å². The lowest BCUT2D eigenvalue weighted by atomic mass is 9.90. The van der Waals surface area contributed by atoms with E-state index in [1.807, 2.05) is 38.8 Å². The Labute approximate surface area is 475 Å². The van der Waals surface area contributed by atoms with Crippen molar-refractivity contribution in [1.29, 1.82) is 0 Å². The Balaban J connectivity index is 0.000000102. The fourth-order valence-corrected chi connectivity index (χ4v) is 14.5. The Hall–Kier alpha value is -8.57. The molecule has 0 radical (unpaired) electrons. The molecule has 4 spiro atoms. The highest BCUT2D eigenvalue weighted by atomic mass is 32.1. The van der Waals surface area contributed by atoms with Crippen LogP contribution in [0.1, 0.15) is 72.2 Å². The normalized spacial score (nSPS) is 27.3. The molecule has 81 heavy (non-hydrogen) atoms. The molecule has 4 aliphatic carbocycles. The molecule has 0 amide bonds. The quantitative estimate of drug-likeness (QED) is 0.0983. The van der Waals surface area contributed by atoms with E-state index in [1.165, 1.54) is 83.5 Å². The second-order valence-corrected chi connectivity index (χ2v) is 23.9. The van der Waals surface area contributed by atoms with E-state index in [2.05, 4.69) is 175 Å². The van der Waals surface area contributed by atoms with Gasteiger partial charge in [-0.1, -0.05) is 72.8 Å². The number of nitrogens with two attached hydrogens (primary N) is 4. The number of ether oxygens (including phenoxy) is 4. The van der Waals surface area contributed by atoms with Crippen LogP contribution in [0.4, 0.5) is 0 Å². The number of H-pyrrole nitrogens is 2. The van der Waals surface area contributed by atoms with Crippen molar-refractivity contribution in [2.24, 2.45) is 50.0 Å². The zero-order chi connectivity index (χ0) is 55.8. The molecule has 8 atom stereocenters. The Morgan fingerprint density at radius 1 is 0.481 bits per heavy atom. The Morgan fingerprint density at radius 3 is 1.21 bits per heavy atom. The van der Waals surface area contributed by atoms with E-state index in [1.54, 1.807) is 11.3 Å². The van der Waals surface area contributed by atoms with Gasteiger partial charge >= 0.3 is 0 Å². The number of amidine groups is 4. The van der Waals surface area contributed by atoms with Crippen molar-refractivity contribution in [2.75, 3.05) is 0 Å². The molecule has 17 heteroatoms. The van der Waals surface area contributed by atoms with Gasteiger partial charge in [-0.05, 0) is 140 Å². The first kappa shape index (κ1) is 51.8. The monoisotopic (exact) mass is 1100 g/mol. The molecular weight excluding hydrogens is 1030 g/mol. The number of aromatic nitrogens is 4. The van der Waals surface area contributed by atoms with Gasteiger partial charge in [0, 0.05) is 95.0 Å². The minimum absolute atomic E-state index is 0.0205. The maximum atomic E-state index is 5.79. The summed E-state index contributed by atoms with van der Waals surface area (Å²) in [6.07, 6.45) is 19.3. The lowest BCUT2D eigenvalue weighted by Gasteiger charge is -2.23. The highest BCUT2D eigenvalue weighted by Gasteiger charge is 2.51. The van der Waals surface area contributed by atoms with E-state index >= 15 is 0 Å². The van der Waals surface area contributed by atoms with Crippen molar-refractivity contribution in [1.82, 2.24) is 19.7 Å². The molecule has 414 valence electrons. The van der Waals surface area contributed by atoms with Crippen molar-refractivity contribution in [3.8, 4) is 44.5 Å². The highest BCUT2D eigenvalue weighted by molar-refractivity contribution is 7.08. The molecule has 0 saturated carbocycles. The van der Waals surface area contributed by atoms with Gasteiger partial charge in [0.15, 0.2) is 0 Å². The maximum Gasteiger partial charge on any atom is 0.282 e. The minimum atomic E-state index is -0.230. The Bertz CT molecular complexity index is 3520. The number of fused-ring (bicyclic) bond motifs is 4. The van der Waals surface area contributed by atoms with E-state index in [0.717, 1.165) is 56.9 Å². The summed E-state index contributed by atoms with van der Waals surface area (Å²) in [5.74, 6) is 0. The number of hydrogen-bond acceptors (Lipinski definition) is 14. The van der Waals surface area contributed by atoms with Gasteiger partial charge in [0.2, 0.25) is 0 Å². The average Bonchev–Trinajstić information content (AvgIpc) is 4.36. The summed E-state index contributed by atoms with van der Waals surface area (Å²) >= 11 is 1.73.